The molecule has 0 spiro atoms. The summed E-state index contributed by atoms with van der Waals surface area (Å²) in [7, 11) is 3.45. The molecule has 1 fully saturated rings. The minimum atomic E-state index is -0.214. The van der Waals surface area contributed by atoms with Crippen LogP contribution >= 0.6 is 34.8 Å². The van der Waals surface area contributed by atoms with Crippen LogP contribution in [-0.4, -0.2) is 73.5 Å². The molecular formula is C15H19Cl3N4O2. The van der Waals surface area contributed by atoms with E-state index in [0.29, 0.717) is 46.9 Å². The first-order valence-electron chi connectivity index (χ1n) is 7.41. The van der Waals surface area contributed by atoms with Crippen molar-refractivity contribution in [1.82, 2.24) is 14.7 Å². The zero-order valence-corrected chi connectivity index (χ0v) is 15.8. The van der Waals surface area contributed by atoms with E-state index in [-0.39, 0.29) is 18.5 Å². The lowest BCUT2D eigenvalue weighted by molar-refractivity contribution is -0.117. The van der Waals surface area contributed by atoms with Crippen molar-refractivity contribution in [3.05, 3.63) is 27.2 Å². The number of anilines is 1. The molecule has 1 aliphatic heterocycles. The number of nitrogens with one attached hydrogen (secondary N) is 1. The predicted molar refractivity (Wildman–Crippen MR) is 97.2 cm³/mol. The van der Waals surface area contributed by atoms with Crippen LogP contribution in [0.4, 0.5) is 10.5 Å². The maximum atomic E-state index is 12.2. The zero-order valence-electron chi connectivity index (χ0n) is 13.5. The van der Waals surface area contributed by atoms with E-state index in [2.05, 4.69) is 5.32 Å². The van der Waals surface area contributed by atoms with Gasteiger partial charge >= 0.3 is 6.03 Å². The van der Waals surface area contributed by atoms with E-state index < -0.39 is 0 Å². The number of amides is 3. The summed E-state index contributed by atoms with van der Waals surface area (Å²) in [5.74, 6) is -0.214. The molecule has 0 atom stereocenters. The van der Waals surface area contributed by atoms with Crippen molar-refractivity contribution < 1.29 is 9.59 Å². The van der Waals surface area contributed by atoms with Gasteiger partial charge in [-0.15, -0.1) is 0 Å². The minimum absolute atomic E-state index is 0.0150. The maximum Gasteiger partial charge on any atom is 0.319 e. The molecule has 1 aliphatic rings. The van der Waals surface area contributed by atoms with Crippen LogP contribution in [0.1, 0.15) is 0 Å². The van der Waals surface area contributed by atoms with Gasteiger partial charge in [-0.25, -0.2) is 4.79 Å². The molecule has 1 N–H and O–H groups in total. The number of nitrogens with zero attached hydrogens (tertiary/aromatic N) is 3. The van der Waals surface area contributed by atoms with Crippen molar-refractivity contribution in [3.8, 4) is 0 Å². The third-order valence-electron chi connectivity index (χ3n) is 3.66. The molecule has 1 aromatic carbocycles. The average molecular weight is 394 g/mol. The lowest BCUT2D eigenvalue weighted by atomic mass is 10.3. The topological polar surface area (TPSA) is 55.9 Å². The zero-order chi connectivity index (χ0) is 17.9. The third-order valence-corrected chi connectivity index (χ3v) is 4.48. The third kappa shape index (κ3) is 4.89. The van der Waals surface area contributed by atoms with Gasteiger partial charge in [0.2, 0.25) is 5.91 Å². The van der Waals surface area contributed by atoms with E-state index in [1.54, 1.807) is 23.9 Å². The van der Waals surface area contributed by atoms with Gasteiger partial charge in [-0.05, 0) is 12.1 Å². The van der Waals surface area contributed by atoms with Gasteiger partial charge in [0.25, 0.3) is 0 Å². The van der Waals surface area contributed by atoms with Crippen molar-refractivity contribution >= 4 is 52.4 Å². The Bertz CT molecular complexity index is 608. The van der Waals surface area contributed by atoms with Gasteiger partial charge in [0.05, 0.1) is 22.3 Å². The van der Waals surface area contributed by atoms with Gasteiger partial charge in [-0.2, -0.15) is 0 Å². The van der Waals surface area contributed by atoms with Crippen molar-refractivity contribution in [2.24, 2.45) is 0 Å². The fraction of sp³-hybridized carbons (Fsp3) is 0.467. The van der Waals surface area contributed by atoms with Gasteiger partial charge in [0.1, 0.15) is 0 Å². The molecule has 9 heteroatoms. The molecule has 1 heterocycles. The molecule has 0 unspecified atom stereocenters. The van der Waals surface area contributed by atoms with Crippen molar-refractivity contribution in [1.29, 1.82) is 0 Å². The summed E-state index contributed by atoms with van der Waals surface area (Å²) >= 11 is 18.0. The Morgan fingerprint density at radius 1 is 1.08 bits per heavy atom. The number of carbonyl (C=O) groups is 2. The number of carbonyl (C=O) groups excluding carboxylic acids is 2. The van der Waals surface area contributed by atoms with Crippen LogP contribution < -0.4 is 5.32 Å². The van der Waals surface area contributed by atoms with Gasteiger partial charge in [0, 0.05) is 45.3 Å². The molecule has 0 aromatic heterocycles. The molecule has 3 amide bonds. The van der Waals surface area contributed by atoms with Crippen LogP contribution in [0, 0.1) is 0 Å². The first-order valence-corrected chi connectivity index (χ1v) is 8.54. The highest BCUT2D eigenvalue weighted by Gasteiger charge is 2.23. The summed E-state index contributed by atoms with van der Waals surface area (Å²) in [5, 5.41) is 3.71. The number of hydrogen-bond donors (Lipinski definition) is 1. The van der Waals surface area contributed by atoms with Crippen molar-refractivity contribution in [3.63, 3.8) is 0 Å². The molecule has 24 heavy (non-hydrogen) atoms. The summed E-state index contributed by atoms with van der Waals surface area (Å²) < 4.78 is 0. The normalized spacial score (nSPS) is 15.3. The van der Waals surface area contributed by atoms with E-state index in [1.165, 1.54) is 12.1 Å². The van der Waals surface area contributed by atoms with E-state index >= 15 is 0 Å². The second-order valence-electron chi connectivity index (χ2n) is 5.73. The average Bonchev–Trinajstić information content (AvgIpc) is 2.50. The molecule has 0 saturated carbocycles. The fourth-order valence-electron chi connectivity index (χ4n) is 2.42. The Kier molecular flexibility index (Phi) is 6.57. The molecule has 6 nitrogen and oxygen atoms in total. The monoisotopic (exact) mass is 392 g/mol. The van der Waals surface area contributed by atoms with Gasteiger partial charge in [-0.1, -0.05) is 34.8 Å². The van der Waals surface area contributed by atoms with Crippen LogP contribution in [0.15, 0.2) is 12.1 Å². The Labute approximate surface area is 156 Å². The van der Waals surface area contributed by atoms with E-state index in [9.17, 15) is 9.59 Å². The van der Waals surface area contributed by atoms with Gasteiger partial charge in [-0.3, -0.25) is 9.69 Å². The minimum Gasteiger partial charge on any atom is -0.331 e. The number of rotatable bonds is 3. The maximum absolute atomic E-state index is 12.2. The van der Waals surface area contributed by atoms with E-state index in [1.807, 2.05) is 4.90 Å². The number of halogens is 3. The van der Waals surface area contributed by atoms with Crippen LogP contribution in [-0.2, 0) is 4.79 Å². The van der Waals surface area contributed by atoms with Crippen molar-refractivity contribution in [2.45, 2.75) is 0 Å². The van der Waals surface area contributed by atoms with E-state index in [0.717, 1.165) is 0 Å². The number of piperazine rings is 1. The predicted octanol–water partition coefficient (Wildman–Crippen LogP) is 2.88. The fourth-order valence-corrected chi connectivity index (χ4v) is 3.34. The molecule has 0 bridgehead atoms. The molecule has 2 rings (SSSR count). The van der Waals surface area contributed by atoms with Crippen LogP contribution in [0.2, 0.25) is 15.1 Å². The van der Waals surface area contributed by atoms with Crippen LogP contribution in [0.25, 0.3) is 0 Å². The van der Waals surface area contributed by atoms with E-state index in [4.69, 9.17) is 34.8 Å². The SMILES string of the molecule is CN(C)C(=O)N1CCN(CC(=O)Nc2c(Cl)cc(Cl)cc2Cl)CC1. The lowest BCUT2D eigenvalue weighted by Gasteiger charge is -2.35. The first kappa shape index (κ1) is 19.1. The molecular weight excluding hydrogens is 375 g/mol. The molecule has 0 aliphatic carbocycles. The molecule has 1 saturated heterocycles. The van der Waals surface area contributed by atoms with Crippen molar-refractivity contribution in [2.75, 3.05) is 52.1 Å². The number of urea groups is 1. The Morgan fingerprint density at radius 3 is 2.12 bits per heavy atom. The smallest absolute Gasteiger partial charge is 0.319 e. The highest BCUT2D eigenvalue weighted by Crippen LogP contribution is 2.33. The quantitative estimate of drug-likeness (QED) is 0.859. The van der Waals surface area contributed by atoms with Gasteiger partial charge in [0.15, 0.2) is 0 Å². The Hall–Kier alpha value is -1.21. The largest absolute Gasteiger partial charge is 0.331 e. The second-order valence-corrected chi connectivity index (χ2v) is 6.98. The summed E-state index contributed by atoms with van der Waals surface area (Å²) in [6.07, 6.45) is 0. The molecule has 0 radical (unpaired) electrons. The Balaban J connectivity index is 1.87. The number of hydrogen-bond acceptors (Lipinski definition) is 3. The summed E-state index contributed by atoms with van der Waals surface area (Å²) in [6, 6.07) is 3.03. The summed E-state index contributed by atoms with van der Waals surface area (Å²) in [6.45, 7) is 2.66. The molecule has 1 aromatic rings. The standard InChI is InChI=1S/C15H19Cl3N4O2/c1-20(2)15(24)22-5-3-21(4-6-22)9-13(23)19-14-11(17)7-10(16)8-12(14)18/h7-8H,3-6,9H2,1-2H3,(H,19,23). The molecule has 132 valence electrons. The Morgan fingerprint density at radius 2 is 1.62 bits per heavy atom. The second kappa shape index (κ2) is 8.25. The first-order chi connectivity index (χ1) is 11.3. The van der Waals surface area contributed by atoms with Gasteiger partial charge < -0.3 is 15.1 Å². The summed E-state index contributed by atoms with van der Waals surface area (Å²) in [4.78, 5) is 29.4. The number of benzene rings is 1. The highest BCUT2D eigenvalue weighted by atomic mass is 35.5. The highest BCUT2D eigenvalue weighted by molar-refractivity contribution is 6.42. The van der Waals surface area contributed by atoms with Crippen LogP contribution in [0.3, 0.4) is 0 Å². The summed E-state index contributed by atoms with van der Waals surface area (Å²) in [5.41, 5.74) is 0.356. The lowest BCUT2D eigenvalue weighted by Crippen LogP contribution is -2.52. The van der Waals surface area contributed by atoms with Crippen LogP contribution in [0.5, 0.6) is 0 Å².